The topological polar surface area (TPSA) is 91.3 Å². The maximum Gasteiger partial charge on any atom is 0.329 e. The predicted molar refractivity (Wildman–Crippen MR) is 125 cm³/mol. The summed E-state index contributed by atoms with van der Waals surface area (Å²) >= 11 is 1.52. The molecule has 0 atom stereocenters. The number of carbonyl (C=O) groups excluding carboxylic acids is 1. The highest BCUT2D eigenvalue weighted by atomic mass is 32.1. The third-order valence-electron chi connectivity index (χ3n) is 5.82. The number of hydrogen-bond acceptors (Lipinski definition) is 6. The summed E-state index contributed by atoms with van der Waals surface area (Å²) in [5.74, 6) is -1.69. The van der Waals surface area contributed by atoms with Gasteiger partial charge in [0.25, 0.3) is 11.5 Å². The van der Waals surface area contributed by atoms with E-state index in [4.69, 9.17) is 0 Å². The normalized spacial score (nSPS) is 14.1. The Morgan fingerprint density at radius 2 is 1.85 bits per heavy atom. The minimum Gasteiger partial charge on any atom is -0.345 e. The highest BCUT2D eigenvalue weighted by Crippen LogP contribution is 2.21. The van der Waals surface area contributed by atoms with Gasteiger partial charge in [0.15, 0.2) is 5.13 Å². The van der Waals surface area contributed by atoms with Crippen molar-refractivity contribution < 1.29 is 13.6 Å². The lowest BCUT2D eigenvalue weighted by atomic mass is 10.1. The van der Waals surface area contributed by atoms with Gasteiger partial charge in [0.1, 0.15) is 11.6 Å². The van der Waals surface area contributed by atoms with Gasteiger partial charge in [-0.1, -0.05) is 6.07 Å². The molecule has 1 amide bonds. The van der Waals surface area contributed by atoms with Crippen LogP contribution in [0.2, 0.25) is 0 Å². The molecule has 1 aliphatic rings. The highest BCUT2D eigenvalue weighted by Gasteiger charge is 2.25. The molecule has 0 bridgehead atoms. The monoisotopic (exact) mass is 483 g/mol. The number of thiazole rings is 1. The zero-order chi connectivity index (χ0) is 23.8. The molecule has 1 fully saturated rings. The Bertz CT molecular complexity index is 1490. The number of fused-ring (bicyclic) bond motifs is 1. The van der Waals surface area contributed by atoms with Crippen LogP contribution in [-0.2, 0) is 6.54 Å². The summed E-state index contributed by atoms with van der Waals surface area (Å²) in [6.45, 7) is 2.01. The van der Waals surface area contributed by atoms with E-state index < -0.39 is 28.8 Å². The number of nitrogens with one attached hydrogen (secondary N) is 1. The summed E-state index contributed by atoms with van der Waals surface area (Å²) in [5.41, 5.74) is -0.730. The third-order valence-corrected chi connectivity index (χ3v) is 6.65. The molecule has 3 heterocycles. The number of halogens is 2. The summed E-state index contributed by atoms with van der Waals surface area (Å²) in [4.78, 5) is 47.7. The van der Waals surface area contributed by atoms with Gasteiger partial charge in [-0.05, 0) is 35.9 Å². The van der Waals surface area contributed by atoms with Crippen molar-refractivity contribution in [3.63, 3.8) is 0 Å². The molecule has 8 nitrogen and oxygen atoms in total. The van der Waals surface area contributed by atoms with Crippen molar-refractivity contribution in [3.8, 4) is 0 Å². The Morgan fingerprint density at radius 3 is 2.59 bits per heavy atom. The van der Waals surface area contributed by atoms with Gasteiger partial charge in [0.05, 0.1) is 23.0 Å². The summed E-state index contributed by atoms with van der Waals surface area (Å²) in [7, 11) is 0. The number of piperazine rings is 1. The van der Waals surface area contributed by atoms with Crippen LogP contribution in [0.3, 0.4) is 0 Å². The van der Waals surface area contributed by atoms with E-state index in [1.165, 1.54) is 40.2 Å². The van der Waals surface area contributed by atoms with E-state index in [0.717, 1.165) is 17.3 Å². The molecule has 0 radical (unpaired) electrons. The molecule has 4 aromatic rings. The first kappa shape index (κ1) is 22.0. The molecule has 5 rings (SSSR count). The minimum atomic E-state index is -0.692. The standard InChI is InChI=1S/C23H19F2N5O3S/c24-15-2-4-19-17(12-15)20(31)27-22(33)30(19)13-14-1-3-18(25)16(11-14)21(32)28-6-8-29(9-7-28)23-26-5-10-34-23/h1-5,10-12H,6-9,13H2,(H,27,31,33). The molecule has 1 saturated heterocycles. The number of nitrogens with zero attached hydrogens (tertiary/aromatic N) is 4. The van der Waals surface area contributed by atoms with Crippen LogP contribution in [0.4, 0.5) is 13.9 Å². The first-order valence-electron chi connectivity index (χ1n) is 10.6. The molecule has 0 aliphatic carbocycles. The molecular formula is C23H19F2N5O3S. The van der Waals surface area contributed by atoms with Crippen LogP contribution in [0.1, 0.15) is 15.9 Å². The van der Waals surface area contributed by atoms with Crippen molar-refractivity contribution in [2.45, 2.75) is 6.54 Å². The number of H-pyrrole nitrogens is 1. The first-order valence-corrected chi connectivity index (χ1v) is 11.4. The van der Waals surface area contributed by atoms with Gasteiger partial charge in [0.2, 0.25) is 0 Å². The third kappa shape index (κ3) is 4.10. The quantitative estimate of drug-likeness (QED) is 0.482. The van der Waals surface area contributed by atoms with Gasteiger partial charge >= 0.3 is 5.69 Å². The number of aromatic amines is 1. The van der Waals surface area contributed by atoms with Crippen molar-refractivity contribution in [1.29, 1.82) is 0 Å². The summed E-state index contributed by atoms with van der Waals surface area (Å²) in [6, 6.07) is 7.63. The first-order chi connectivity index (χ1) is 16.4. The van der Waals surface area contributed by atoms with Crippen LogP contribution < -0.4 is 16.1 Å². The molecule has 174 valence electrons. The number of hydrogen-bond donors (Lipinski definition) is 1. The Balaban J connectivity index is 1.40. The van der Waals surface area contributed by atoms with Crippen LogP contribution in [0.15, 0.2) is 57.6 Å². The van der Waals surface area contributed by atoms with E-state index in [-0.39, 0.29) is 23.0 Å². The van der Waals surface area contributed by atoms with Crippen molar-refractivity contribution >= 4 is 33.3 Å². The number of amides is 1. The van der Waals surface area contributed by atoms with E-state index >= 15 is 0 Å². The van der Waals surface area contributed by atoms with E-state index in [1.807, 2.05) is 5.38 Å². The molecule has 0 spiro atoms. The van der Waals surface area contributed by atoms with Crippen molar-refractivity contribution in [3.05, 3.63) is 91.6 Å². The smallest absolute Gasteiger partial charge is 0.329 e. The van der Waals surface area contributed by atoms with Crippen molar-refractivity contribution in [1.82, 2.24) is 19.4 Å². The van der Waals surface area contributed by atoms with Crippen molar-refractivity contribution in [2.75, 3.05) is 31.1 Å². The molecule has 0 saturated carbocycles. The van der Waals surface area contributed by atoms with Gasteiger partial charge in [-0.3, -0.25) is 19.1 Å². The van der Waals surface area contributed by atoms with Crippen LogP contribution in [0.25, 0.3) is 10.9 Å². The SMILES string of the molecule is O=C(c1cc(Cn2c(=O)[nH]c(=O)c3cc(F)ccc32)ccc1F)N1CCN(c2nccs2)CC1. The second kappa shape index (κ2) is 8.82. The fourth-order valence-electron chi connectivity index (χ4n) is 4.08. The Hall–Kier alpha value is -3.86. The molecule has 2 aromatic heterocycles. The number of rotatable bonds is 4. The minimum absolute atomic E-state index is 0.0242. The summed E-state index contributed by atoms with van der Waals surface area (Å²) in [5, 5.41) is 2.80. The molecular weight excluding hydrogens is 464 g/mol. The van der Waals surface area contributed by atoms with Crippen LogP contribution in [-0.4, -0.2) is 51.5 Å². The molecule has 1 N–H and O–H groups in total. The second-order valence-electron chi connectivity index (χ2n) is 7.92. The average Bonchev–Trinajstić information content (AvgIpc) is 3.38. The van der Waals surface area contributed by atoms with Gasteiger partial charge in [-0.2, -0.15) is 0 Å². The zero-order valence-electron chi connectivity index (χ0n) is 17.8. The Morgan fingerprint density at radius 1 is 1.06 bits per heavy atom. The van der Waals surface area contributed by atoms with Crippen molar-refractivity contribution in [2.24, 2.45) is 0 Å². The molecule has 0 unspecified atom stereocenters. The van der Waals surface area contributed by atoms with Crippen LogP contribution >= 0.6 is 11.3 Å². The maximum absolute atomic E-state index is 14.6. The lowest BCUT2D eigenvalue weighted by Crippen LogP contribution is -2.49. The summed E-state index contributed by atoms with van der Waals surface area (Å²) < 4.78 is 29.5. The molecule has 2 aromatic carbocycles. The van der Waals surface area contributed by atoms with E-state index in [1.54, 1.807) is 11.1 Å². The van der Waals surface area contributed by atoms with Gasteiger partial charge < -0.3 is 9.80 Å². The van der Waals surface area contributed by atoms with E-state index in [2.05, 4.69) is 14.9 Å². The number of aromatic nitrogens is 3. The van der Waals surface area contributed by atoms with Crippen LogP contribution in [0, 0.1) is 11.6 Å². The van der Waals surface area contributed by atoms with E-state index in [0.29, 0.717) is 31.7 Å². The fraction of sp³-hybridized carbons (Fsp3) is 0.217. The Kier molecular flexibility index (Phi) is 5.70. The summed E-state index contributed by atoms with van der Waals surface area (Å²) in [6.07, 6.45) is 1.73. The average molecular weight is 484 g/mol. The fourth-order valence-corrected chi connectivity index (χ4v) is 4.78. The Labute approximate surface area is 195 Å². The van der Waals surface area contributed by atoms with Gasteiger partial charge in [-0.15, -0.1) is 11.3 Å². The molecule has 11 heteroatoms. The molecule has 1 aliphatic heterocycles. The zero-order valence-corrected chi connectivity index (χ0v) is 18.6. The maximum atomic E-state index is 14.6. The lowest BCUT2D eigenvalue weighted by Gasteiger charge is -2.34. The lowest BCUT2D eigenvalue weighted by molar-refractivity contribution is 0.0742. The second-order valence-corrected chi connectivity index (χ2v) is 8.79. The predicted octanol–water partition coefficient (Wildman–Crippen LogP) is 2.44. The van der Waals surface area contributed by atoms with Crippen LogP contribution in [0.5, 0.6) is 0 Å². The van der Waals surface area contributed by atoms with E-state index in [9.17, 15) is 23.2 Å². The largest absolute Gasteiger partial charge is 0.345 e. The number of anilines is 1. The van der Waals surface area contributed by atoms with Gasteiger partial charge in [-0.25, -0.2) is 18.6 Å². The highest BCUT2D eigenvalue weighted by molar-refractivity contribution is 7.13. The van der Waals surface area contributed by atoms with Gasteiger partial charge in [0, 0.05) is 37.8 Å². The molecule has 34 heavy (non-hydrogen) atoms. The number of benzene rings is 2. The number of carbonyl (C=O) groups is 1.